The molecule has 0 aromatic heterocycles. The highest BCUT2D eigenvalue weighted by Gasteiger charge is 2.20. The van der Waals surface area contributed by atoms with Crippen molar-refractivity contribution < 1.29 is 14.3 Å². The van der Waals surface area contributed by atoms with E-state index in [4.69, 9.17) is 0 Å². The fraction of sp³-hybridized carbons (Fsp3) is 0.500. The van der Waals surface area contributed by atoms with Crippen LogP contribution >= 0.6 is 11.8 Å². The number of amides is 1. The average molecular weight is 309 g/mol. The Balaban J connectivity index is 2.60. The van der Waals surface area contributed by atoms with Crippen molar-refractivity contribution in [2.45, 2.75) is 38.6 Å². The normalized spacial score (nSPS) is 12.0. The van der Waals surface area contributed by atoms with E-state index in [0.29, 0.717) is 6.54 Å². The summed E-state index contributed by atoms with van der Waals surface area (Å²) in [6, 6.07) is 10.0. The maximum atomic E-state index is 12.4. The number of thioether (sulfide) groups is 1. The fourth-order valence-electron chi connectivity index (χ4n) is 1.85. The van der Waals surface area contributed by atoms with Gasteiger partial charge in [0, 0.05) is 12.6 Å². The van der Waals surface area contributed by atoms with Crippen molar-refractivity contribution >= 4 is 23.6 Å². The summed E-state index contributed by atoms with van der Waals surface area (Å²) in [6.07, 6.45) is 0. The fourth-order valence-corrected chi connectivity index (χ4v) is 2.64. The topological polar surface area (TPSA) is 46.6 Å². The van der Waals surface area contributed by atoms with Crippen LogP contribution in [0, 0.1) is 0 Å². The SMILES string of the molecule is COC(=O)C(C)SCC(=O)N(Cc1ccccc1)C(C)C. The monoisotopic (exact) mass is 309 g/mol. The predicted octanol–water partition coefficient (Wildman–Crippen LogP) is 2.72. The highest BCUT2D eigenvalue weighted by atomic mass is 32.2. The zero-order valence-electron chi connectivity index (χ0n) is 13.0. The van der Waals surface area contributed by atoms with Crippen LogP contribution in [0.4, 0.5) is 0 Å². The number of rotatable bonds is 7. The minimum atomic E-state index is -0.329. The van der Waals surface area contributed by atoms with Gasteiger partial charge in [0.05, 0.1) is 12.9 Å². The van der Waals surface area contributed by atoms with E-state index in [9.17, 15) is 9.59 Å². The molecule has 21 heavy (non-hydrogen) atoms. The van der Waals surface area contributed by atoms with Gasteiger partial charge in [0.2, 0.25) is 5.91 Å². The number of methoxy groups -OCH3 is 1. The van der Waals surface area contributed by atoms with Crippen LogP contribution in [-0.2, 0) is 20.9 Å². The van der Waals surface area contributed by atoms with Crippen molar-refractivity contribution in [3.8, 4) is 0 Å². The zero-order chi connectivity index (χ0) is 15.8. The lowest BCUT2D eigenvalue weighted by Crippen LogP contribution is -2.38. The third-order valence-electron chi connectivity index (χ3n) is 3.13. The summed E-state index contributed by atoms with van der Waals surface area (Å²) in [6.45, 7) is 6.33. The average Bonchev–Trinajstić information content (AvgIpc) is 2.49. The largest absolute Gasteiger partial charge is 0.468 e. The lowest BCUT2D eigenvalue weighted by Gasteiger charge is -2.27. The maximum absolute atomic E-state index is 12.4. The number of hydrogen-bond acceptors (Lipinski definition) is 4. The van der Waals surface area contributed by atoms with Gasteiger partial charge in [0.1, 0.15) is 5.25 Å². The molecule has 1 rings (SSSR count). The summed E-state index contributed by atoms with van der Waals surface area (Å²) in [5.41, 5.74) is 1.10. The Labute approximate surface area is 130 Å². The predicted molar refractivity (Wildman–Crippen MR) is 86.1 cm³/mol. The molecule has 1 amide bonds. The van der Waals surface area contributed by atoms with Gasteiger partial charge < -0.3 is 9.64 Å². The second-order valence-electron chi connectivity index (χ2n) is 5.08. The number of esters is 1. The van der Waals surface area contributed by atoms with E-state index in [1.165, 1.54) is 18.9 Å². The van der Waals surface area contributed by atoms with E-state index in [1.54, 1.807) is 6.92 Å². The van der Waals surface area contributed by atoms with Gasteiger partial charge in [-0.3, -0.25) is 9.59 Å². The summed E-state index contributed by atoms with van der Waals surface area (Å²) >= 11 is 1.31. The number of hydrogen-bond donors (Lipinski definition) is 0. The molecular weight excluding hydrogens is 286 g/mol. The maximum Gasteiger partial charge on any atom is 0.318 e. The molecule has 0 bridgehead atoms. The molecule has 0 aliphatic carbocycles. The summed E-state index contributed by atoms with van der Waals surface area (Å²) in [4.78, 5) is 25.5. The Morgan fingerprint density at radius 3 is 2.33 bits per heavy atom. The van der Waals surface area contributed by atoms with Crippen LogP contribution in [-0.4, -0.2) is 40.9 Å². The van der Waals surface area contributed by atoms with Crippen molar-refractivity contribution in [3.05, 3.63) is 35.9 Å². The lowest BCUT2D eigenvalue weighted by molar-refractivity contribution is -0.139. The lowest BCUT2D eigenvalue weighted by atomic mass is 10.2. The van der Waals surface area contributed by atoms with Crippen molar-refractivity contribution in [3.63, 3.8) is 0 Å². The minimum Gasteiger partial charge on any atom is -0.468 e. The molecule has 0 N–H and O–H groups in total. The third kappa shape index (κ3) is 5.79. The van der Waals surface area contributed by atoms with Crippen LogP contribution in [0.2, 0.25) is 0 Å². The second-order valence-corrected chi connectivity index (χ2v) is 6.41. The summed E-state index contributed by atoms with van der Waals surface area (Å²) in [5.74, 6) is 0.0166. The van der Waals surface area contributed by atoms with Crippen molar-refractivity contribution in [2.75, 3.05) is 12.9 Å². The molecule has 1 atom stereocenters. The van der Waals surface area contributed by atoms with Gasteiger partial charge in [-0.05, 0) is 26.3 Å². The summed E-state index contributed by atoms with van der Waals surface area (Å²) in [5, 5.41) is -0.329. The van der Waals surface area contributed by atoms with E-state index < -0.39 is 0 Å². The van der Waals surface area contributed by atoms with Gasteiger partial charge in [0.25, 0.3) is 0 Å². The molecule has 0 radical (unpaired) electrons. The first-order valence-electron chi connectivity index (χ1n) is 6.98. The van der Waals surface area contributed by atoms with E-state index in [2.05, 4.69) is 4.74 Å². The zero-order valence-corrected chi connectivity index (χ0v) is 13.9. The van der Waals surface area contributed by atoms with Crippen molar-refractivity contribution in [1.29, 1.82) is 0 Å². The van der Waals surface area contributed by atoms with Crippen LogP contribution in [0.3, 0.4) is 0 Å². The molecule has 0 saturated heterocycles. The van der Waals surface area contributed by atoms with E-state index in [-0.39, 0.29) is 28.9 Å². The third-order valence-corrected chi connectivity index (χ3v) is 4.24. The van der Waals surface area contributed by atoms with Crippen LogP contribution in [0.5, 0.6) is 0 Å². The van der Waals surface area contributed by atoms with Gasteiger partial charge in [0.15, 0.2) is 0 Å². The molecule has 0 fully saturated rings. The highest BCUT2D eigenvalue weighted by Crippen LogP contribution is 2.15. The van der Waals surface area contributed by atoms with Gasteiger partial charge >= 0.3 is 5.97 Å². The van der Waals surface area contributed by atoms with Crippen LogP contribution in [0.25, 0.3) is 0 Å². The quantitative estimate of drug-likeness (QED) is 0.727. The first kappa shape index (κ1) is 17.6. The molecular formula is C16H23NO3S. The molecule has 5 heteroatoms. The van der Waals surface area contributed by atoms with Crippen LogP contribution < -0.4 is 0 Å². The summed E-state index contributed by atoms with van der Waals surface area (Å²) < 4.78 is 4.66. The Bertz CT molecular complexity index is 462. The molecule has 1 unspecified atom stereocenters. The number of nitrogens with zero attached hydrogens (tertiary/aromatic N) is 1. The molecule has 1 aromatic carbocycles. The molecule has 0 heterocycles. The van der Waals surface area contributed by atoms with E-state index in [1.807, 2.05) is 49.1 Å². The molecule has 0 saturated carbocycles. The van der Waals surface area contributed by atoms with Crippen molar-refractivity contribution in [1.82, 2.24) is 4.90 Å². The van der Waals surface area contributed by atoms with Gasteiger partial charge in [-0.2, -0.15) is 0 Å². The standard InChI is InChI=1S/C16H23NO3S/c1-12(2)17(10-14-8-6-5-7-9-14)15(18)11-21-13(3)16(19)20-4/h5-9,12-13H,10-11H2,1-4H3. The minimum absolute atomic E-state index is 0.0367. The molecule has 116 valence electrons. The first-order valence-corrected chi connectivity index (χ1v) is 8.03. The highest BCUT2D eigenvalue weighted by molar-refractivity contribution is 8.01. The number of ether oxygens (including phenoxy) is 1. The van der Waals surface area contributed by atoms with Gasteiger partial charge in [-0.25, -0.2) is 0 Å². The van der Waals surface area contributed by atoms with Crippen LogP contribution in [0.15, 0.2) is 30.3 Å². The number of benzene rings is 1. The number of carbonyl (C=O) groups excluding carboxylic acids is 2. The molecule has 0 aliphatic heterocycles. The Morgan fingerprint density at radius 2 is 1.81 bits per heavy atom. The van der Waals surface area contributed by atoms with E-state index in [0.717, 1.165) is 5.56 Å². The first-order chi connectivity index (χ1) is 9.95. The molecule has 0 spiro atoms. The Kier molecular flexibility index (Phi) is 7.29. The summed E-state index contributed by atoms with van der Waals surface area (Å²) in [7, 11) is 1.36. The van der Waals surface area contributed by atoms with Gasteiger partial charge in [-0.15, -0.1) is 11.8 Å². The van der Waals surface area contributed by atoms with Crippen molar-refractivity contribution in [2.24, 2.45) is 0 Å². The smallest absolute Gasteiger partial charge is 0.318 e. The molecule has 1 aromatic rings. The van der Waals surface area contributed by atoms with Crippen LogP contribution in [0.1, 0.15) is 26.3 Å². The van der Waals surface area contributed by atoms with Gasteiger partial charge in [-0.1, -0.05) is 30.3 Å². The molecule has 4 nitrogen and oxygen atoms in total. The number of carbonyl (C=O) groups is 2. The Hall–Kier alpha value is -1.49. The van der Waals surface area contributed by atoms with E-state index >= 15 is 0 Å². The Morgan fingerprint density at radius 1 is 1.19 bits per heavy atom. The second kappa shape index (κ2) is 8.72. The molecule has 0 aliphatic rings.